The van der Waals surface area contributed by atoms with E-state index in [0.717, 1.165) is 25.2 Å². The molecule has 0 saturated carbocycles. The van der Waals surface area contributed by atoms with E-state index >= 15 is 0 Å². The summed E-state index contributed by atoms with van der Waals surface area (Å²) in [6.45, 7) is 11.7. The Balaban J connectivity index is 1.78. The molecule has 2 unspecified atom stereocenters. The molecule has 0 aliphatic carbocycles. The minimum Gasteiger partial charge on any atom is -0.354 e. The fourth-order valence-corrected chi connectivity index (χ4v) is 5.25. The van der Waals surface area contributed by atoms with Crippen molar-refractivity contribution >= 4 is 15.9 Å². The van der Waals surface area contributed by atoms with E-state index in [0.29, 0.717) is 24.8 Å². The lowest BCUT2D eigenvalue weighted by molar-refractivity contribution is -0.121. The lowest BCUT2D eigenvalue weighted by Gasteiger charge is -2.45. The Morgan fingerprint density at radius 3 is 2.33 bits per heavy atom. The quantitative estimate of drug-likeness (QED) is 0.639. The minimum atomic E-state index is -3.69. The Morgan fingerprint density at radius 1 is 1.20 bits per heavy atom. The molecule has 1 aromatic rings. The number of hydrogen-bond acceptors (Lipinski definition) is 4. The molecule has 30 heavy (non-hydrogen) atoms. The summed E-state index contributed by atoms with van der Waals surface area (Å²) in [5.41, 5.74) is -0.124. The van der Waals surface area contributed by atoms with Gasteiger partial charge in [0, 0.05) is 45.2 Å². The van der Waals surface area contributed by atoms with Crippen LogP contribution in [0.1, 0.15) is 47.0 Å². The molecule has 1 aromatic carbocycles. The van der Waals surface area contributed by atoms with Crippen LogP contribution in [0.4, 0.5) is 4.39 Å². The van der Waals surface area contributed by atoms with E-state index in [-0.39, 0.29) is 29.3 Å². The first-order chi connectivity index (χ1) is 13.9. The van der Waals surface area contributed by atoms with Crippen molar-refractivity contribution in [2.45, 2.75) is 57.4 Å². The van der Waals surface area contributed by atoms with Gasteiger partial charge in [-0.15, -0.1) is 0 Å². The molecule has 8 heteroatoms. The van der Waals surface area contributed by atoms with Crippen molar-refractivity contribution < 1.29 is 17.6 Å². The molecular formula is C22H36FN3O3S. The predicted molar refractivity (Wildman–Crippen MR) is 117 cm³/mol. The molecule has 1 fully saturated rings. The summed E-state index contributed by atoms with van der Waals surface area (Å²) in [4.78, 5) is 14.8. The van der Waals surface area contributed by atoms with Crippen LogP contribution in [0.25, 0.3) is 0 Å². The number of nitrogens with one attached hydrogen (secondary N) is 1. The van der Waals surface area contributed by atoms with Crippen LogP contribution < -0.4 is 5.32 Å². The molecular weight excluding hydrogens is 405 g/mol. The largest absolute Gasteiger partial charge is 0.354 e. The molecule has 0 radical (unpaired) electrons. The lowest BCUT2D eigenvalue weighted by atomic mass is 9.88. The summed E-state index contributed by atoms with van der Waals surface area (Å²) in [5, 5.41) is 3.01. The standard InChI is InChI=1S/C22H36FN3O3S/c1-17-13-18(2)15-26(14-17)22(3,4)16-24-21(27)7-6-12-25(5)30(28,29)20-10-8-19(23)9-11-20/h8-11,17-18H,6-7,12-16H2,1-5H3,(H,24,27). The Labute approximate surface area is 180 Å². The van der Waals surface area contributed by atoms with Gasteiger partial charge in [-0.2, -0.15) is 0 Å². The third kappa shape index (κ3) is 6.75. The smallest absolute Gasteiger partial charge is 0.242 e. The molecule has 1 heterocycles. The number of nitrogens with zero attached hydrogens (tertiary/aromatic N) is 2. The molecule has 0 spiro atoms. The van der Waals surface area contributed by atoms with Gasteiger partial charge in [-0.1, -0.05) is 13.8 Å². The van der Waals surface area contributed by atoms with Gasteiger partial charge >= 0.3 is 0 Å². The summed E-state index contributed by atoms with van der Waals surface area (Å²) in [6.07, 6.45) is 1.92. The highest BCUT2D eigenvalue weighted by Gasteiger charge is 2.32. The number of likely N-dealkylation sites (tertiary alicyclic amines) is 1. The fraction of sp³-hybridized carbons (Fsp3) is 0.682. The van der Waals surface area contributed by atoms with Crippen LogP contribution in [-0.2, 0) is 14.8 Å². The van der Waals surface area contributed by atoms with Gasteiger partial charge < -0.3 is 5.32 Å². The van der Waals surface area contributed by atoms with Gasteiger partial charge in [0.05, 0.1) is 4.90 Å². The van der Waals surface area contributed by atoms with Crippen molar-refractivity contribution in [2.24, 2.45) is 11.8 Å². The number of carbonyl (C=O) groups is 1. The van der Waals surface area contributed by atoms with Crippen LogP contribution in [0.15, 0.2) is 29.2 Å². The van der Waals surface area contributed by atoms with Crippen molar-refractivity contribution in [1.82, 2.24) is 14.5 Å². The van der Waals surface area contributed by atoms with Gasteiger partial charge in [-0.25, -0.2) is 17.1 Å². The Hall–Kier alpha value is -1.51. The van der Waals surface area contributed by atoms with E-state index < -0.39 is 15.8 Å². The van der Waals surface area contributed by atoms with Crippen LogP contribution in [-0.4, -0.2) is 62.3 Å². The number of sulfonamides is 1. The van der Waals surface area contributed by atoms with Crippen molar-refractivity contribution in [3.63, 3.8) is 0 Å². The second-order valence-electron chi connectivity index (χ2n) is 9.32. The van der Waals surface area contributed by atoms with Gasteiger partial charge in [-0.3, -0.25) is 9.69 Å². The van der Waals surface area contributed by atoms with Crippen LogP contribution in [0.5, 0.6) is 0 Å². The van der Waals surface area contributed by atoms with Gasteiger partial charge in [0.1, 0.15) is 5.82 Å². The molecule has 1 amide bonds. The zero-order chi connectivity index (χ0) is 22.5. The summed E-state index contributed by atoms with van der Waals surface area (Å²) < 4.78 is 39.2. The first-order valence-corrected chi connectivity index (χ1v) is 12.1. The number of piperidine rings is 1. The van der Waals surface area contributed by atoms with E-state index in [4.69, 9.17) is 0 Å². The number of rotatable bonds is 9. The van der Waals surface area contributed by atoms with Crippen LogP contribution in [0.2, 0.25) is 0 Å². The number of amides is 1. The highest BCUT2D eigenvalue weighted by atomic mass is 32.2. The van der Waals surface area contributed by atoms with E-state index in [2.05, 4.69) is 37.9 Å². The molecule has 6 nitrogen and oxygen atoms in total. The number of halogens is 1. The summed E-state index contributed by atoms with van der Waals surface area (Å²) in [6, 6.07) is 4.75. The Bertz CT molecular complexity index is 801. The number of carbonyl (C=O) groups excluding carboxylic acids is 1. The van der Waals surface area contributed by atoms with Crippen molar-refractivity contribution in [3.05, 3.63) is 30.1 Å². The molecule has 1 N–H and O–H groups in total. The zero-order valence-corrected chi connectivity index (χ0v) is 19.6. The third-order valence-corrected chi connectivity index (χ3v) is 7.71. The molecule has 1 aliphatic rings. The molecule has 0 aromatic heterocycles. The van der Waals surface area contributed by atoms with E-state index in [1.165, 1.54) is 29.9 Å². The molecule has 2 rings (SSSR count). The van der Waals surface area contributed by atoms with Gasteiger partial charge in [0.15, 0.2) is 0 Å². The highest BCUT2D eigenvalue weighted by molar-refractivity contribution is 7.89. The van der Waals surface area contributed by atoms with Crippen LogP contribution in [0, 0.1) is 17.7 Å². The second kappa shape index (κ2) is 10.2. The molecule has 1 aliphatic heterocycles. The second-order valence-corrected chi connectivity index (χ2v) is 11.4. The molecule has 1 saturated heterocycles. The van der Waals surface area contributed by atoms with Gasteiger partial charge in [-0.05, 0) is 62.8 Å². The van der Waals surface area contributed by atoms with Crippen molar-refractivity contribution in [1.29, 1.82) is 0 Å². The molecule has 2 atom stereocenters. The normalized spacial score (nSPS) is 21.0. The molecule has 170 valence electrons. The van der Waals surface area contributed by atoms with E-state index in [1.807, 2.05) is 0 Å². The fourth-order valence-electron chi connectivity index (χ4n) is 4.04. The summed E-state index contributed by atoms with van der Waals surface area (Å²) in [5.74, 6) is 0.753. The Morgan fingerprint density at radius 2 is 1.77 bits per heavy atom. The van der Waals surface area contributed by atoms with Gasteiger partial charge in [0.2, 0.25) is 15.9 Å². The summed E-state index contributed by atoms with van der Waals surface area (Å²) in [7, 11) is -2.22. The first-order valence-electron chi connectivity index (χ1n) is 10.7. The van der Waals surface area contributed by atoms with Crippen LogP contribution in [0.3, 0.4) is 0 Å². The Kier molecular flexibility index (Phi) is 8.42. The van der Waals surface area contributed by atoms with Crippen molar-refractivity contribution in [3.8, 4) is 0 Å². The average Bonchev–Trinajstić information content (AvgIpc) is 2.66. The maximum absolute atomic E-state index is 13.0. The predicted octanol–water partition coefficient (Wildman–Crippen LogP) is 3.10. The van der Waals surface area contributed by atoms with Gasteiger partial charge in [0.25, 0.3) is 0 Å². The van der Waals surface area contributed by atoms with E-state index in [1.54, 1.807) is 0 Å². The summed E-state index contributed by atoms with van der Waals surface area (Å²) >= 11 is 0. The maximum Gasteiger partial charge on any atom is 0.242 e. The number of benzene rings is 1. The third-order valence-electron chi connectivity index (χ3n) is 5.84. The van der Waals surface area contributed by atoms with Crippen molar-refractivity contribution in [2.75, 3.05) is 33.2 Å². The molecule has 0 bridgehead atoms. The average molecular weight is 442 g/mol. The van der Waals surface area contributed by atoms with E-state index in [9.17, 15) is 17.6 Å². The maximum atomic E-state index is 13.0. The SMILES string of the molecule is CC1CC(C)CN(C(C)(C)CNC(=O)CCCN(C)S(=O)(=O)c2ccc(F)cc2)C1. The lowest BCUT2D eigenvalue weighted by Crippen LogP contribution is -2.56. The topological polar surface area (TPSA) is 69.7 Å². The first kappa shape index (κ1) is 24.8. The minimum absolute atomic E-state index is 0.0441. The highest BCUT2D eigenvalue weighted by Crippen LogP contribution is 2.26. The monoisotopic (exact) mass is 441 g/mol. The number of hydrogen-bond donors (Lipinski definition) is 1. The zero-order valence-electron chi connectivity index (χ0n) is 18.8. The van der Waals surface area contributed by atoms with Crippen LogP contribution >= 0.6 is 0 Å².